The Balaban J connectivity index is 2.34. The molecule has 0 aliphatic rings. The van der Waals surface area contributed by atoms with Gasteiger partial charge in [0.25, 0.3) is 0 Å². The Labute approximate surface area is 111 Å². The van der Waals surface area contributed by atoms with Gasteiger partial charge in [0.15, 0.2) is 5.75 Å². The molecule has 0 spiro atoms. The number of pyridine rings is 1. The van der Waals surface area contributed by atoms with Crippen LogP contribution in [0.2, 0.25) is 0 Å². The van der Waals surface area contributed by atoms with Crippen LogP contribution in [-0.4, -0.2) is 19.8 Å². The molecule has 0 aliphatic carbocycles. The van der Waals surface area contributed by atoms with Gasteiger partial charge in [-0.1, -0.05) is 12.2 Å². The zero-order valence-electron chi connectivity index (χ0n) is 10.5. The second kappa shape index (κ2) is 4.73. The summed E-state index contributed by atoms with van der Waals surface area (Å²) in [6.45, 7) is 3.83. The minimum atomic E-state index is 0.321. The van der Waals surface area contributed by atoms with E-state index in [9.17, 15) is 0 Å². The van der Waals surface area contributed by atoms with Crippen LogP contribution in [0.1, 0.15) is 17.0 Å². The van der Waals surface area contributed by atoms with Gasteiger partial charge >= 0.3 is 0 Å². The third-order valence-corrected chi connectivity index (χ3v) is 2.90. The lowest BCUT2D eigenvalue weighted by atomic mass is 10.3. The molecule has 0 bridgehead atoms. The Morgan fingerprint density at radius 1 is 1.44 bits per heavy atom. The number of thiocarbonyl (C=S) groups is 1. The molecule has 0 saturated carbocycles. The lowest BCUT2D eigenvalue weighted by molar-refractivity contribution is 0.455. The highest BCUT2D eigenvalue weighted by atomic mass is 32.1. The topological polar surface area (TPSA) is 66.0 Å². The van der Waals surface area contributed by atoms with E-state index in [2.05, 4.69) is 10.1 Å². The third-order valence-electron chi connectivity index (χ3n) is 2.67. The van der Waals surface area contributed by atoms with Crippen molar-refractivity contribution >= 4 is 17.2 Å². The average Bonchev–Trinajstić information content (AvgIpc) is 2.56. The van der Waals surface area contributed by atoms with Crippen LogP contribution < -0.4 is 10.5 Å². The molecule has 2 heterocycles. The maximum atomic E-state index is 5.74. The van der Waals surface area contributed by atoms with E-state index in [0.29, 0.717) is 16.6 Å². The van der Waals surface area contributed by atoms with Crippen molar-refractivity contribution in [3.05, 3.63) is 35.3 Å². The normalized spacial score (nSPS) is 10.4. The first-order valence-corrected chi connectivity index (χ1v) is 5.83. The van der Waals surface area contributed by atoms with E-state index >= 15 is 0 Å². The first-order valence-electron chi connectivity index (χ1n) is 5.43. The molecule has 6 heteroatoms. The predicted molar refractivity (Wildman–Crippen MR) is 72.9 cm³/mol. The van der Waals surface area contributed by atoms with Gasteiger partial charge in [-0.15, -0.1) is 0 Å². The molecule has 94 valence electrons. The molecule has 2 aromatic heterocycles. The van der Waals surface area contributed by atoms with Crippen LogP contribution in [-0.2, 0) is 7.05 Å². The number of hydrogen-bond donors (Lipinski definition) is 1. The summed E-state index contributed by atoms with van der Waals surface area (Å²) in [6.07, 6.45) is 1.62. The van der Waals surface area contributed by atoms with E-state index in [1.807, 2.05) is 20.9 Å². The van der Waals surface area contributed by atoms with E-state index in [1.165, 1.54) is 0 Å². The monoisotopic (exact) mass is 262 g/mol. The van der Waals surface area contributed by atoms with Gasteiger partial charge in [-0.05, 0) is 19.9 Å². The first-order chi connectivity index (χ1) is 8.49. The third kappa shape index (κ3) is 2.33. The van der Waals surface area contributed by atoms with Crippen LogP contribution in [0.15, 0.2) is 18.3 Å². The molecule has 0 unspecified atom stereocenters. The summed E-state index contributed by atoms with van der Waals surface area (Å²) in [4.78, 5) is 4.46. The Bertz CT molecular complexity index is 606. The summed E-state index contributed by atoms with van der Waals surface area (Å²) in [5, 5.41) is 4.28. The van der Waals surface area contributed by atoms with Crippen molar-refractivity contribution in [1.82, 2.24) is 14.8 Å². The van der Waals surface area contributed by atoms with Gasteiger partial charge in [0.2, 0.25) is 5.88 Å². The van der Waals surface area contributed by atoms with E-state index in [4.69, 9.17) is 22.7 Å². The number of aromatic nitrogens is 3. The number of rotatable bonds is 3. The highest BCUT2D eigenvalue weighted by molar-refractivity contribution is 7.80. The van der Waals surface area contributed by atoms with Gasteiger partial charge < -0.3 is 10.5 Å². The first kappa shape index (κ1) is 12.5. The van der Waals surface area contributed by atoms with Gasteiger partial charge in [0.05, 0.1) is 5.69 Å². The van der Waals surface area contributed by atoms with Crippen molar-refractivity contribution < 1.29 is 4.74 Å². The van der Waals surface area contributed by atoms with Gasteiger partial charge in [0, 0.05) is 24.9 Å². The lowest BCUT2D eigenvalue weighted by Crippen LogP contribution is -2.09. The van der Waals surface area contributed by atoms with Gasteiger partial charge in [-0.3, -0.25) is 4.68 Å². The largest absolute Gasteiger partial charge is 0.435 e. The summed E-state index contributed by atoms with van der Waals surface area (Å²) < 4.78 is 7.51. The maximum absolute atomic E-state index is 5.74. The van der Waals surface area contributed by atoms with Crippen LogP contribution in [0.3, 0.4) is 0 Å². The molecular formula is C12H14N4OS. The molecule has 0 radical (unpaired) electrons. The number of ether oxygens (including phenoxy) is 1. The van der Waals surface area contributed by atoms with Crippen molar-refractivity contribution in [1.29, 1.82) is 0 Å². The van der Waals surface area contributed by atoms with E-state index in [-0.39, 0.29) is 0 Å². The van der Waals surface area contributed by atoms with E-state index in [1.54, 1.807) is 23.0 Å². The summed E-state index contributed by atoms with van der Waals surface area (Å²) in [6, 6.07) is 3.46. The Morgan fingerprint density at radius 2 is 2.17 bits per heavy atom. The average molecular weight is 262 g/mol. The summed E-state index contributed by atoms with van der Waals surface area (Å²) in [5.74, 6) is 1.17. The van der Waals surface area contributed by atoms with Crippen molar-refractivity contribution in [2.24, 2.45) is 12.8 Å². The molecule has 18 heavy (non-hydrogen) atoms. The zero-order chi connectivity index (χ0) is 13.3. The van der Waals surface area contributed by atoms with Crippen molar-refractivity contribution in [3.63, 3.8) is 0 Å². The Kier molecular flexibility index (Phi) is 3.29. The second-order valence-electron chi connectivity index (χ2n) is 3.97. The highest BCUT2D eigenvalue weighted by Gasteiger charge is 2.12. The number of nitrogens with two attached hydrogens (primary N) is 1. The van der Waals surface area contributed by atoms with Gasteiger partial charge in [-0.2, -0.15) is 5.10 Å². The van der Waals surface area contributed by atoms with Crippen LogP contribution >= 0.6 is 12.2 Å². The summed E-state index contributed by atoms with van der Waals surface area (Å²) >= 11 is 4.92. The molecule has 2 aromatic rings. The number of aryl methyl sites for hydroxylation is 2. The Hall–Kier alpha value is -1.95. The van der Waals surface area contributed by atoms with Crippen LogP contribution in [0.4, 0.5) is 0 Å². The van der Waals surface area contributed by atoms with Gasteiger partial charge in [0.1, 0.15) is 10.7 Å². The van der Waals surface area contributed by atoms with Crippen LogP contribution in [0.25, 0.3) is 0 Å². The second-order valence-corrected chi connectivity index (χ2v) is 4.41. The van der Waals surface area contributed by atoms with Crippen molar-refractivity contribution in [3.8, 4) is 11.6 Å². The molecule has 0 saturated heterocycles. The highest BCUT2D eigenvalue weighted by Crippen LogP contribution is 2.26. The van der Waals surface area contributed by atoms with E-state index in [0.717, 1.165) is 17.0 Å². The van der Waals surface area contributed by atoms with Crippen molar-refractivity contribution in [2.45, 2.75) is 13.8 Å². The minimum absolute atomic E-state index is 0.321. The van der Waals surface area contributed by atoms with Crippen LogP contribution in [0, 0.1) is 13.8 Å². The molecule has 0 fully saturated rings. The van der Waals surface area contributed by atoms with Gasteiger partial charge in [-0.25, -0.2) is 4.98 Å². The molecular weight excluding hydrogens is 248 g/mol. The quantitative estimate of drug-likeness (QED) is 0.855. The maximum Gasteiger partial charge on any atom is 0.220 e. The molecule has 0 atom stereocenters. The molecule has 2 rings (SSSR count). The molecule has 0 aliphatic heterocycles. The fourth-order valence-electron chi connectivity index (χ4n) is 1.62. The molecule has 5 nitrogen and oxygen atoms in total. The smallest absolute Gasteiger partial charge is 0.220 e. The SMILES string of the molecule is Cc1nn(C)c(C)c1Oc1cc(C(N)=S)ccn1. The molecule has 2 N–H and O–H groups in total. The van der Waals surface area contributed by atoms with Crippen molar-refractivity contribution in [2.75, 3.05) is 0 Å². The molecule has 0 amide bonds. The summed E-state index contributed by atoms with van der Waals surface area (Å²) in [7, 11) is 1.87. The standard InChI is InChI=1S/C12H14N4OS/c1-7-11(8(2)16(3)15-7)17-10-6-9(12(13)18)4-5-14-10/h4-6H,1-3H3,(H2,13,18). The van der Waals surface area contributed by atoms with E-state index < -0.39 is 0 Å². The molecule has 0 aromatic carbocycles. The fraction of sp³-hybridized carbons (Fsp3) is 0.250. The predicted octanol–water partition coefficient (Wildman–Crippen LogP) is 1.86. The number of hydrogen-bond acceptors (Lipinski definition) is 4. The van der Waals surface area contributed by atoms with Crippen LogP contribution in [0.5, 0.6) is 11.6 Å². The number of nitrogens with zero attached hydrogens (tertiary/aromatic N) is 3. The lowest BCUT2D eigenvalue weighted by Gasteiger charge is -2.06. The minimum Gasteiger partial charge on any atom is -0.435 e. The summed E-state index contributed by atoms with van der Waals surface area (Å²) in [5.41, 5.74) is 8.06. The zero-order valence-corrected chi connectivity index (χ0v) is 11.3. The Morgan fingerprint density at radius 3 is 2.72 bits per heavy atom. The fourth-order valence-corrected chi connectivity index (χ4v) is 1.75.